The fraction of sp³-hybridized carbons (Fsp3) is 0.800. The van der Waals surface area contributed by atoms with Gasteiger partial charge < -0.3 is 19.9 Å². The van der Waals surface area contributed by atoms with E-state index in [1.54, 1.807) is 0 Å². The fourth-order valence-corrected chi connectivity index (χ4v) is 3.92. The van der Waals surface area contributed by atoms with Crippen LogP contribution in [0.25, 0.3) is 0 Å². The summed E-state index contributed by atoms with van der Waals surface area (Å²) < 4.78 is 10.8. The molecule has 1 aliphatic rings. The summed E-state index contributed by atoms with van der Waals surface area (Å²) in [6.45, 7) is 13.9. The molecule has 0 saturated carbocycles. The largest absolute Gasteiger partial charge is 0.379 e. The van der Waals surface area contributed by atoms with Gasteiger partial charge in [0.2, 0.25) is 0 Å². The predicted octanol–water partition coefficient (Wildman–Crippen LogP) is 2.75. The number of halogens is 1. The summed E-state index contributed by atoms with van der Waals surface area (Å²) in [6.07, 6.45) is 3.26. The Hall–Kier alpha value is -0.870. The molecular weight excluding hydrogens is 469 g/mol. The average Bonchev–Trinajstić information content (AvgIpc) is 3.02. The first-order chi connectivity index (χ1) is 13.1. The third kappa shape index (κ3) is 7.18. The van der Waals surface area contributed by atoms with Crippen molar-refractivity contribution in [2.45, 2.75) is 53.0 Å². The second-order valence-corrected chi connectivity index (χ2v) is 7.22. The number of aliphatic imine (C=N–C) groups is 1. The molecule has 28 heavy (non-hydrogen) atoms. The predicted molar refractivity (Wildman–Crippen MR) is 125 cm³/mol. The number of ether oxygens (including phenoxy) is 1. The van der Waals surface area contributed by atoms with E-state index in [2.05, 4.69) is 39.5 Å². The van der Waals surface area contributed by atoms with Crippen molar-refractivity contribution < 1.29 is 9.26 Å². The smallest absolute Gasteiger partial charge is 0.191 e. The Morgan fingerprint density at radius 2 is 1.86 bits per heavy atom. The molecule has 0 radical (unpaired) electrons. The zero-order chi connectivity index (χ0) is 19.6. The molecule has 0 spiro atoms. The number of aryl methyl sites for hydroxylation is 2. The molecule has 1 saturated heterocycles. The first-order valence-corrected chi connectivity index (χ1v) is 10.3. The lowest BCUT2D eigenvalue weighted by atomic mass is 9.92. The van der Waals surface area contributed by atoms with E-state index < -0.39 is 0 Å². The van der Waals surface area contributed by atoms with E-state index in [-0.39, 0.29) is 24.0 Å². The van der Waals surface area contributed by atoms with Crippen LogP contribution in [0.15, 0.2) is 9.52 Å². The van der Waals surface area contributed by atoms with E-state index in [9.17, 15) is 0 Å². The second-order valence-electron chi connectivity index (χ2n) is 7.22. The lowest BCUT2D eigenvalue weighted by Crippen LogP contribution is -2.53. The molecule has 0 aliphatic carbocycles. The summed E-state index contributed by atoms with van der Waals surface area (Å²) in [7, 11) is 1.83. The molecule has 0 amide bonds. The molecule has 1 aromatic rings. The third-order valence-corrected chi connectivity index (χ3v) is 5.66. The van der Waals surface area contributed by atoms with Crippen molar-refractivity contribution in [2.24, 2.45) is 10.9 Å². The highest BCUT2D eigenvalue weighted by atomic mass is 127. The minimum Gasteiger partial charge on any atom is -0.379 e. The van der Waals surface area contributed by atoms with Crippen LogP contribution >= 0.6 is 24.0 Å². The molecule has 2 heterocycles. The highest BCUT2D eigenvalue weighted by molar-refractivity contribution is 14.0. The van der Waals surface area contributed by atoms with Crippen molar-refractivity contribution >= 4 is 29.9 Å². The van der Waals surface area contributed by atoms with Gasteiger partial charge in [0.25, 0.3) is 0 Å². The summed E-state index contributed by atoms with van der Waals surface area (Å²) >= 11 is 0. The lowest BCUT2D eigenvalue weighted by Gasteiger charge is -2.39. The van der Waals surface area contributed by atoms with Crippen molar-refractivity contribution in [1.29, 1.82) is 0 Å². The molecule has 1 aromatic heterocycles. The molecular formula is C20H38IN5O2. The van der Waals surface area contributed by atoms with Gasteiger partial charge in [0.15, 0.2) is 5.96 Å². The fourth-order valence-electron chi connectivity index (χ4n) is 3.92. The Kier molecular flexibility index (Phi) is 12.0. The Morgan fingerprint density at radius 1 is 1.18 bits per heavy atom. The van der Waals surface area contributed by atoms with Crippen LogP contribution in [0.2, 0.25) is 0 Å². The maximum Gasteiger partial charge on any atom is 0.191 e. The molecule has 7 nitrogen and oxygen atoms in total. The summed E-state index contributed by atoms with van der Waals surface area (Å²) in [5.74, 6) is 2.43. The highest BCUT2D eigenvalue weighted by Crippen LogP contribution is 2.19. The molecule has 1 atom stereocenters. The van der Waals surface area contributed by atoms with E-state index in [1.807, 2.05) is 20.9 Å². The first kappa shape index (κ1) is 25.2. The summed E-state index contributed by atoms with van der Waals surface area (Å²) in [5.41, 5.74) is 2.15. The summed E-state index contributed by atoms with van der Waals surface area (Å²) in [5, 5.41) is 11.0. The van der Waals surface area contributed by atoms with Crippen LogP contribution in [0.5, 0.6) is 0 Å². The van der Waals surface area contributed by atoms with Crippen molar-refractivity contribution in [2.75, 3.05) is 46.4 Å². The van der Waals surface area contributed by atoms with Gasteiger partial charge in [0.05, 0.1) is 18.9 Å². The van der Waals surface area contributed by atoms with E-state index in [0.717, 1.165) is 63.2 Å². The van der Waals surface area contributed by atoms with Crippen LogP contribution in [-0.4, -0.2) is 68.5 Å². The van der Waals surface area contributed by atoms with Gasteiger partial charge in [-0.1, -0.05) is 31.8 Å². The molecule has 162 valence electrons. The van der Waals surface area contributed by atoms with Crippen molar-refractivity contribution in [3.8, 4) is 0 Å². The average molecular weight is 507 g/mol. The van der Waals surface area contributed by atoms with Gasteiger partial charge in [0, 0.05) is 44.8 Å². The molecule has 1 aliphatic heterocycles. The van der Waals surface area contributed by atoms with E-state index >= 15 is 0 Å². The Labute approximate surface area is 187 Å². The number of nitrogens with zero attached hydrogens (tertiary/aromatic N) is 3. The standard InChI is InChI=1S/C20H37N5O2.HI/c1-6-17(7-2)19(25-10-12-26-13-11-25)14-23-20(21-5)22-9-8-18-15(3)24-27-16(18)4;/h17,19H,6-14H2,1-5H3,(H2,21,22,23);1H. The van der Waals surface area contributed by atoms with Gasteiger partial charge >= 0.3 is 0 Å². The Balaban J connectivity index is 0.00000392. The van der Waals surface area contributed by atoms with Crippen LogP contribution in [0.4, 0.5) is 0 Å². The van der Waals surface area contributed by atoms with Gasteiger partial charge in [0.1, 0.15) is 5.76 Å². The first-order valence-electron chi connectivity index (χ1n) is 10.3. The highest BCUT2D eigenvalue weighted by Gasteiger charge is 2.27. The minimum atomic E-state index is 0. The van der Waals surface area contributed by atoms with Crippen molar-refractivity contribution in [3.05, 3.63) is 17.0 Å². The SMILES string of the molecule is CCC(CC)C(CNC(=NC)NCCc1c(C)noc1C)N1CCOCC1.I. The van der Waals surface area contributed by atoms with Crippen LogP contribution in [0.1, 0.15) is 43.7 Å². The number of hydrogen-bond acceptors (Lipinski definition) is 5. The molecule has 0 bridgehead atoms. The molecule has 2 rings (SSSR count). The number of aromatic nitrogens is 1. The zero-order valence-corrected chi connectivity index (χ0v) is 20.4. The second kappa shape index (κ2) is 13.4. The minimum absolute atomic E-state index is 0. The van der Waals surface area contributed by atoms with Crippen molar-refractivity contribution in [3.63, 3.8) is 0 Å². The maximum atomic E-state index is 5.54. The summed E-state index contributed by atoms with van der Waals surface area (Å²) in [6, 6.07) is 0.505. The number of nitrogens with one attached hydrogen (secondary N) is 2. The zero-order valence-electron chi connectivity index (χ0n) is 18.1. The monoisotopic (exact) mass is 507 g/mol. The van der Waals surface area contributed by atoms with E-state index in [0.29, 0.717) is 12.0 Å². The van der Waals surface area contributed by atoms with Crippen LogP contribution in [0, 0.1) is 19.8 Å². The van der Waals surface area contributed by atoms with Gasteiger partial charge in [-0.05, 0) is 26.2 Å². The van der Waals surface area contributed by atoms with E-state index in [1.165, 1.54) is 18.4 Å². The number of hydrogen-bond donors (Lipinski definition) is 2. The van der Waals surface area contributed by atoms with Crippen LogP contribution in [0.3, 0.4) is 0 Å². The van der Waals surface area contributed by atoms with Gasteiger partial charge in [-0.15, -0.1) is 24.0 Å². The van der Waals surface area contributed by atoms with Crippen LogP contribution < -0.4 is 10.6 Å². The van der Waals surface area contributed by atoms with Gasteiger partial charge in [-0.3, -0.25) is 9.89 Å². The quantitative estimate of drug-likeness (QED) is 0.304. The number of rotatable bonds is 9. The normalized spacial score (nSPS) is 16.7. The lowest BCUT2D eigenvalue weighted by molar-refractivity contribution is 0.00272. The number of morpholine rings is 1. The molecule has 2 N–H and O–H groups in total. The molecule has 1 unspecified atom stereocenters. The number of guanidine groups is 1. The maximum absolute atomic E-state index is 5.54. The Bertz CT molecular complexity index is 564. The Morgan fingerprint density at radius 3 is 2.39 bits per heavy atom. The summed E-state index contributed by atoms with van der Waals surface area (Å²) in [4.78, 5) is 6.97. The third-order valence-electron chi connectivity index (χ3n) is 5.66. The van der Waals surface area contributed by atoms with Gasteiger partial charge in [-0.25, -0.2) is 0 Å². The van der Waals surface area contributed by atoms with Gasteiger partial charge in [-0.2, -0.15) is 0 Å². The molecule has 8 heteroatoms. The van der Waals surface area contributed by atoms with Crippen LogP contribution in [-0.2, 0) is 11.2 Å². The topological polar surface area (TPSA) is 74.9 Å². The van der Waals surface area contributed by atoms with E-state index in [4.69, 9.17) is 9.26 Å². The van der Waals surface area contributed by atoms with Crippen molar-refractivity contribution in [1.82, 2.24) is 20.7 Å². The molecule has 1 fully saturated rings. The molecule has 0 aromatic carbocycles.